The number of likely N-dealkylation sites (tertiary alicyclic amines) is 1. The third-order valence-corrected chi connectivity index (χ3v) is 6.12. The van der Waals surface area contributed by atoms with Crippen molar-refractivity contribution in [2.75, 3.05) is 13.1 Å². The number of carbonyl (C=O) groups excluding carboxylic acids is 1. The SMILES string of the molecule is C[C@H](N)C1CCC2(CC1)CCN(C(=O)OCc1ccccc1)CC2. The van der Waals surface area contributed by atoms with Gasteiger partial charge in [0.15, 0.2) is 0 Å². The van der Waals surface area contributed by atoms with Crippen molar-refractivity contribution in [2.45, 2.75) is 58.1 Å². The Kier molecular flexibility index (Phi) is 5.44. The Morgan fingerprint density at radius 3 is 2.42 bits per heavy atom. The minimum Gasteiger partial charge on any atom is -0.445 e. The van der Waals surface area contributed by atoms with E-state index in [0.717, 1.165) is 31.5 Å². The topological polar surface area (TPSA) is 55.6 Å². The van der Waals surface area contributed by atoms with E-state index in [0.29, 0.717) is 24.0 Å². The first kappa shape index (κ1) is 17.3. The van der Waals surface area contributed by atoms with E-state index < -0.39 is 0 Å². The van der Waals surface area contributed by atoms with Crippen LogP contribution in [-0.2, 0) is 11.3 Å². The summed E-state index contributed by atoms with van der Waals surface area (Å²) in [7, 11) is 0. The Morgan fingerprint density at radius 2 is 1.83 bits per heavy atom. The summed E-state index contributed by atoms with van der Waals surface area (Å²) in [6, 6.07) is 10.2. The molecule has 3 rings (SSSR count). The van der Waals surface area contributed by atoms with E-state index in [1.807, 2.05) is 35.2 Å². The van der Waals surface area contributed by atoms with Crippen molar-refractivity contribution in [3.8, 4) is 0 Å². The summed E-state index contributed by atoms with van der Waals surface area (Å²) < 4.78 is 5.46. The summed E-state index contributed by atoms with van der Waals surface area (Å²) in [6.07, 6.45) is 7.08. The summed E-state index contributed by atoms with van der Waals surface area (Å²) in [4.78, 5) is 14.2. The number of piperidine rings is 1. The second-order valence-electron chi connectivity index (χ2n) is 7.72. The van der Waals surface area contributed by atoms with Crippen LogP contribution >= 0.6 is 0 Å². The molecular weight excluding hydrogens is 300 g/mol. The van der Waals surface area contributed by atoms with Gasteiger partial charge < -0.3 is 15.4 Å². The molecule has 1 saturated heterocycles. The van der Waals surface area contributed by atoms with Crippen LogP contribution in [0.2, 0.25) is 0 Å². The van der Waals surface area contributed by atoms with Gasteiger partial charge >= 0.3 is 6.09 Å². The maximum atomic E-state index is 12.3. The van der Waals surface area contributed by atoms with Crippen LogP contribution < -0.4 is 5.73 Å². The zero-order valence-corrected chi connectivity index (χ0v) is 14.7. The molecule has 24 heavy (non-hydrogen) atoms. The molecule has 2 fully saturated rings. The highest BCUT2D eigenvalue weighted by atomic mass is 16.6. The average Bonchev–Trinajstić information content (AvgIpc) is 2.61. The predicted molar refractivity (Wildman–Crippen MR) is 95.5 cm³/mol. The minimum absolute atomic E-state index is 0.169. The number of benzene rings is 1. The first-order valence-corrected chi connectivity index (χ1v) is 9.29. The zero-order chi connectivity index (χ0) is 17.0. The molecule has 1 aliphatic heterocycles. The molecule has 0 unspecified atom stereocenters. The van der Waals surface area contributed by atoms with Crippen LogP contribution in [0.15, 0.2) is 30.3 Å². The highest BCUT2D eigenvalue weighted by Gasteiger charge is 2.39. The highest BCUT2D eigenvalue weighted by Crippen LogP contribution is 2.46. The highest BCUT2D eigenvalue weighted by molar-refractivity contribution is 5.67. The van der Waals surface area contributed by atoms with Gasteiger partial charge in [-0.05, 0) is 62.3 Å². The van der Waals surface area contributed by atoms with Gasteiger partial charge in [0.1, 0.15) is 6.61 Å². The van der Waals surface area contributed by atoms with Crippen LogP contribution in [0.25, 0.3) is 0 Å². The summed E-state index contributed by atoms with van der Waals surface area (Å²) >= 11 is 0. The van der Waals surface area contributed by atoms with E-state index in [1.165, 1.54) is 25.7 Å². The second-order valence-corrected chi connectivity index (χ2v) is 7.72. The summed E-state index contributed by atoms with van der Waals surface area (Å²) in [5, 5.41) is 0. The van der Waals surface area contributed by atoms with Gasteiger partial charge in [0.05, 0.1) is 0 Å². The van der Waals surface area contributed by atoms with Crippen LogP contribution in [0.3, 0.4) is 0 Å². The van der Waals surface area contributed by atoms with Gasteiger partial charge in [0, 0.05) is 19.1 Å². The van der Waals surface area contributed by atoms with Gasteiger partial charge in [-0.25, -0.2) is 4.79 Å². The molecule has 1 atom stereocenters. The van der Waals surface area contributed by atoms with E-state index >= 15 is 0 Å². The monoisotopic (exact) mass is 330 g/mol. The smallest absolute Gasteiger partial charge is 0.410 e. The quantitative estimate of drug-likeness (QED) is 0.913. The molecule has 2 N–H and O–H groups in total. The van der Waals surface area contributed by atoms with E-state index in [2.05, 4.69) is 6.92 Å². The maximum absolute atomic E-state index is 12.3. The van der Waals surface area contributed by atoms with Crippen molar-refractivity contribution < 1.29 is 9.53 Å². The Labute approximate surface area is 145 Å². The van der Waals surface area contributed by atoms with E-state index in [9.17, 15) is 4.79 Å². The Bertz CT molecular complexity index is 526. The predicted octanol–water partition coefficient (Wildman–Crippen LogP) is 3.94. The number of ether oxygens (including phenoxy) is 1. The van der Waals surface area contributed by atoms with Gasteiger partial charge in [-0.2, -0.15) is 0 Å². The lowest BCUT2D eigenvalue weighted by Crippen LogP contribution is -2.45. The zero-order valence-electron chi connectivity index (χ0n) is 14.7. The normalized spacial score (nSPS) is 22.3. The molecule has 1 aromatic rings. The Balaban J connectivity index is 1.44. The van der Waals surface area contributed by atoms with Gasteiger partial charge in [-0.15, -0.1) is 0 Å². The first-order valence-electron chi connectivity index (χ1n) is 9.29. The molecule has 1 spiro atoms. The van der Waals surface area contributed by atoms with Crippen molar-refractivity contribution in [3.05, 3.63) is 35.9 Å². The fourth-order valence-corrected chi connectivity index (χ4v) is 4.25. The molecule has 1 saturated carbocycles. The van der Waals surface area contributed by atoms with E-state index in [-0.39, 0.29) is 6.09 Å². The van der Waals surface area contributed by atoms with E-state index in [1.54, 1.807) is 0 Å². The summed E-state index contributed by atoms with van der Waals surface area (Å²) in [5.41, 5.74) is 7.54. The molecular formula is C20H30N2O2. The molecule has 4 heteroatoms. The molecule has 1 heterocycles. The molecule has 0 aromatic heterocycles. The molecule has 1 amide bonds. The van der Waals surface area contributed by atoms with Crippen LogP contribution in [0.1, 0.15) is 51.0 Å². The lowest BCUT2D eigenvalue weighted by atomic mass is 9.64. The van der Waals surface area contributed by atoms with Crippen molar-refractivity contribution in [3.63, 3.8) is 0 Å². The van der Waals surface area contributed by atoms with Crippen LogP contribution in [0.4, 0.5) is 4.79 Å². The first-order chi connectivity index (χ1) is 11.6. The summed E-state index contributed by atoms with van der Waals surface area (Å²) in [5.74, 6) is 0.685. The number of nitrogens with zero attached hydrogens (tertiary/aromatic N) is 1. The number of hydrogen-bond donors (Lipinski definition) is 1. The second kappa shape index (κ2) is 7.56. The van der Waals surface area contributed by atoms with Crippen LogP contribution in [0, 0.1) is 11.3 Å². The molecule has 1 aliphatic carbocycles. The molecule has 1 aromatic carbocycles. The number of nitrogens with two attached hydrogens (primary N) is 1. The van der Waals surface area contributed by atoms with E-state index in [4.69, 9.17) is 10.5 Å². The Hall–Kier alpha value is -1.55. The number of rotatable bonds is 3. The largest absolute Gasteiger partial charge is 0.445 e. The lowest BCUT2D eigenvalue weighted by Gasteiger charge is -2.46. The fourth-order valence-electron chi connectivity index (χ4n) is 4.25. The summed E-state index contributed by atoms with van der Waals surface area (Å²) in [6.45, 7) is 4.15. The third-order valence-electron chi connectivity index (χ3n) is 6.12. The number of carbonyl (C=O) groups is 1. The molecule has 4 nitrogen and oxygen atoms in total. The van der Waals surface area contributed by atoms with Crippen LogP contribution in [0.5, 0.6) is 0 Å². The molecule has 0 bridgehead atoms. The lowest BCUT2D eigenvalue weighted by molar-refractivity contribution is 0.0350. The standard InChI is InChI=1S/C20H30N2O2/c1-16(21)18-7-9-20(10-8-18)11-13-22(14-12-20)19(23)24-15-17-5-3-2-4-6-17/h2-6,16,18H,7-15,21H2,1H3/t16-/m0/s1. The van der Waals surface area contributed by atoms with Crippen molar-refractivity contribution in [1.82, 2.24) is 4.90 Å². The van der Waals surface area contributed by atoms with Gasteiger partial charge in [0.25, 0.3) is 0 Å². The third kappa shape index (κ3) is 4.10. The average molecular weight is 330 g/mol. The molecule has 132 valence electrons. The van der Waals surface area contributed by atoms with Gasteiger partial charge in [0.2, 0.25) is 0 Å². The Morgan fingerprint density at radius 1 is 1.21 bits per heavy atom. The van der Waals surface area contributed by atoms with Gasteiger partial charge in [-0.3, -0.25) is 0 Å². The fraction of sp³-hybridized carbons (Fsp3) is 0.650. The molecule has 2 aliphatic rings. The maximum Gasteiger partial charge on any atom is 0.410 e. The molecule has 0 radical (unpaired) electrons. The van der Waals surface area contributed by atoms with Crippen molar-refractivity contribution in [1.29, 1.82) is 0 Å². The van der Waals surface area contributed by atoms with Crippen molar-refractivity contribution >= 4 is 6.09 Å². The van der Waals surface area contributed by atoms with Crippen molar-refractivity contribution in [2.24, 2.45) is 17.1 Å². The number of amides is 1. The van der Waals surface area contributed by atoms with Gasteiger partial charge in [-0.1, -0.05) is 30.3 Å². The van der Waals surface area contributed by atoms with Crippen LogP contribution in [-0.4, -0.2) is 30.1 Å². The minimum atomic E-state index is -0.169. The number of hydrogen-bond acceptors (Lipinski definition) is 3.